The van der Waals surface area contributed by atoms with E-state index in [9.17, 15) is 4.79 Å². The average Bonchev–Trinajstić information content (AvgIpc) is 2.76. The molecule has 3 atom stereocenters. The second-order valence-electron chi connectivity index (χ2n) is 4.76. The predicted molar refractivity (Wildman–Crippen MR) is 50.4 cm³/mol. The number of fused-ring (bicyclic) bond motifs is 1. The van der Waals surface area contributed by atoms with Gasteiger partial charge < -0.3 is 5.11 Å². The van der Waals surface area contributed by atoms with E-state index in [2.05, 4.69) is 6.92 Å². The highest BCUT2D eigenvalue weighted by atomic mass is 16.4. The zero-order valence-corrected chi connectivity index (χ0v) is 8.20. The molecule has 0 radical (unpaired) electrons. The normalized spacial score (nSPS) is 39.3. The molecule has 2 nitrogen and oxygen atoms in total. The van der Waals surface area contributed by atoms with Gasteiger partial charge in [0.2, 0.25) is 0 Å². The number of carboxylic acids is 1. The molecule has 0 aliphatic heterocycles. The van der Waals surface area contributed by atoms with Gasteiger partial charge in [0, 0.05) is 6.42 Å². The van der Waals surface area contributed by atoms with Gasteiger partial charge in [-0.15, -0.1) is 0 Å². The van der Waals surface area contributed by atoms with Crippen LogP contribution in [0.15, 0.2) is 0 Å². The van der Waals surface area contributed by atoms with Gasteiger partial charge in [-0.05, 0) is 36.5 Å². The number of hydrogen-bond donors (Lipinski definition) is 1. The Balaban J connectivity index is 1.85. The maximum absolute atomic E-state index is 10.5. The van der Waals surface area contributed by atoms with Crippen LogP contribution < -0.4 is 0 Å². The summed E-state index contributed by atoms with van der Waals surface area (Å²) in [4.78, 5) is 10.5. The van der Waals surface area contributed by atoms with Crippen LogP contribution in [0.2, 0.25) is 0 Å². The van der Waals surface area contributed by atoms with Gasteiger partial charge in [0.15, 0.2) is 0 Å². The second-order valence-corrected chi connectivity index (χ2v) is 4.76. The minimum Gasteiger partial charge on any atom is -0.481 e. The Kier molecular flexibility index (Phi) is 2.31. The first-order chi connectivity index (χ1) is 6.20. The highest BCUT2D eigenvalue weighted by Crippen LogP contribution is 2.59. The van der Waals surface area contributed by atoms with Gasteiger partial charge in [-0.2, -0.15) is 0 Å². The van der Waals surface area contributed by atoms with Crippen molar-refractivity contribution < 1.29 is 9.90 Å². The zero-order chi connectivity index (χ0) is 9.42. The summed E-state index contributed by atoms with van der Waals surface area (Å²) in [5.74, 6) is 2.31. The lowest BCUT2D eigenvalue weighted by atomic mass is 9.99. The molecule has 0 aromatic heterocycles. The lowest BCUT2D eigenvalue weighted by Gasteiger charge is -2.06. The summed E-state index contributed by atoms with van der Waals surface area (Å²) in [5, 5.41) is 8.69. The summed E-state index contributed by atoms with van der Waals surface area (Å²) in [7, 11) is 0. The molecular weight excluding hydrogens is 164 g/mol. The molecule has 13 heavy (non-hydrogen) atoms. The summed E-state index contributed by atoms with van der Waals surface area (Å²) < 4.78 is 0. The second kappa shape index (κ2) is 3.32. The van der Waals surface area contributed by atoms with E-state index in [1.54, 1.807) is 0 Å². The summed E-state index contributed by atoms with van der Waals surface area (Å²) in [6.45, 7) is 2.11. The molecule has 2 heteroatoms. The van der Waals surface area contributed by atoms with Gasteiger partial charge in [0.25, 0.3) is 0 Å². The van der Waals surface area contributed by atoms with Crippen LogP contribution in [0.25, 0.3) is 0 Å². The molecule has 0 saturated heterocycles. The van der Waals surface area contributed by atoms with E-state index in [4.69, 9.17) is 5.11 Å². The number of carboxylic acid groups (broad SMARTS) is 1. The van der Waals surface area contributed by atoms with Crippen LogP contribution in [0.3, 0.4) is 0 Å². The third kappa shape index (κ3) is 1.72. The summed E-state index contributed by atoms with van der Waals surface area (Å²) in [5.41, 5.74) is 0. The van der Waals surface area contributed by atoms with Crippen LogP contribution in [0, 0.1) is 23.7 Å². The highest BCUT2D eigenvalue weighted by Gasteiger charge is 2.52. The first kappa shape index (κ1) is 9.04. The van der Waals surface area contributed by atoms with E-state index < -0.39 is 5.97 Å². The lowest BCUT2D eigenvalue weighted by Crippen LogP contribution is -2.07. The van der Waals surface area contributed by atoms with Crippen molar-refractivity contribution in [1.29, 1.82) is 0 Å². The third-order valence-corrected chi connectivity index (χ3v) is 3.88. The fourth-order valence-corrected chi connectivity index (χ4v) is 3.30. The van der Waals surface area contributed by atoms with Gasteiger partial charge in [-0.3, -0.25) is 4.79 Å². The first-order valence-electron chi connectivity index (χ1n) is 5.42. The van der Waals surface area contributed by atoms with Crippen LogP contribution >= 0.6 is 0 Å². The quantitative estimate of drug-likeness (QED) is 0.728. The monoisotopic (exact) mass is 182 g/mol. The number of carbonyl (C=O) groups is 1. The Morgan fingerprint density at radius 1 is 1.38 bits per heavy atom. The van der Waals surface area contributed by atoms with Crippen molar-refractivity contribution in [2.24, 2.45) is 23.7 Å². The Morgan fingerprint density at radius 2 is 1.92 bits per heavy atom. The van der Waals surface area contributed by atoms with Crippen molar-refractivity contribution in [3.63, 3.8) is 0 Å². The maximum atomic E-state index is 10.5. The molecule has 0 aromatic carbocycles. The fourth-order valence-electron chi connectivity index (χ4n) is 3.30. The van der Waals surface area contributed by atoms with E-state index in [-0.39, 0.29) is 0 Å². The van der Waals surface area contributed by atoms with Crippen LogP contribution in [0.4, 0.5) is 0 Å². The SMILES string of the molecule is CC(CC(=O)O)C1C2CCCCC21. The van der Waals surface area contributed by atoms with Crippen molar-refractivity contribution in [3.05, 3.63) is 0 Å². The van der Waals surface area contributed by atoms with Crippen molar-refractivity contribution in [1.82, 2.24) is 0 Å². The lowest BCUT2D eigenvalue weighted by molar-refractivity contribution is -0.138. The molecule has 2 aliphatic rings. The van der Waals surface area contributed by atoms with E-state index >= 15 is 0 Å². The van der Waals surface area contributed by atoms with Crippen LogP contribution in [0.1, 0.15) is 39.0 Å². The molecule has 74 valence electrons. The van der Waals surface area contributed by atoms with E-state index in [0.29, 0.717) is 12.3 Å². The molecule has 0 spiro atoms. The highest BCUT2D eigenvalue weighted by molar-refractivity contribution is 5.67. The minimum atomic E-state index is -0.629. The Labute approximate surface area is 79.3 Å². The van der Waals surface area contributed by atoms with Crippen molar-refractivity contribution in [3.8, 4) is 0 Å². The number of hydrogen-bond acceptors (Lipinski definition) is 1. The molecule has 1 N–H and O–H groups in total. The van der Waals surface area contributed by atoms with E-state index in [0.717, 1.165) is 17.8 Å². The molecule has 0 amide bonds. The Morgan fingerprint density at radius 3 is 2.38 bits per heavy atom. The van der Waals surface area contributed by atoms with Gasteiger partial charge >= 0.3 is 5.97 Å². The molecule has 2 aliphatic carbocycles. The summed E-state index contributed by atoms with van der Waals surface area (Å²) >= 11 is 0. The van der Waals surface area contributed by atoms with Crippen LogP contribution in [-0.4, -0.2) is 11.1 Å². The van der Waals surface area contributed by atoms with Crippen molar-refractivity contribution in [2.75, 3.05) is 0 Å². The molecule has 2 saturated carbocycles. The molecule has 0 heterocycles. The Bertz CT molecular complexity index is 200. The molecule has 2 fully saturated rings. The smallest absolute Gasteiger partial charge is 0.303 e. The predicted octanol–water partition coefficient (Wildman–Crippen LogP) is 2.53. The van der Waals surface area contributed by atoms with Gasteiger partial charge in [-0.1, -0.05) is 19.8 Å². The van der Waals surface area contributed by atoms with E-state index in [1.165, 1.54) is 25.7 Å². The van der Waals surface area contributed by atoms with Gasteiger partial charge in [0.1, 0.15) is 0 Å². The van der Waals surface area contributed by atoms with Crippen molar-refractivity contribution in [2.45, 2.75) is 39.0 Å². The average molecular weight is 182 g/mol. The summed E-state index contributed by atoms with van der Waals surface area (Å²) in [6, 6.07) is 0. The minimum absolute atomic E-state index is 0.373. The first-order valence-corrected chi connectivity index (χ1v) is 5.42. The molecule has 0 bridgehead atoms. The topological polar surface area (TPSA) is 37.3 Å². The van der Waals surface area contributed by atoms with Crippen LogP contribution in [-0.2, 0) is 4.79 Å². The van der Waals surface area contributed by atoms with E-state index in [1.807, 2.05) is 0 Å². The Hall–Kier alpha value is -0.530. The van der Waals surface area contributed by atoms with Crippen LogP contribution in [0.5, 0.6) is 0 Å². The zero-order valence-electron chi connectivity index (χ0n) is 8.20. The van der Waals surface area contributed by atoms with Gasteiger partial charge in [-0.25, -0.2) is 0 Å². The number of rotatable bonds is 3. The number of aliphatic carboxylic acids is 1. The summed E-state index contributed by atoms with van der Waals surface area (Å²) in [6.07, 6.45) is 5.84. The standard InChI is InChI=1S/C11H18O2/c1-7(6-10(12)13)11-8-4-2-3-5-9(8)11/h7-9,11H,2-6H2,1H3,(H,12,13). The molecule has 2 rings (SSSR count). The maximum Gasteiger partial charge on any atom is 0.303 e. The van der Waals surface area contributed by atoms with Gasteiger partial charge in [0.05, 0.1) is 0 Å². The fraction of sp³-hybridized carbons (Fsp3) is 0.909. The third-order valence-electron chi connectivity index (χ3n) is 3.88. The van der Waals surface area contributed by atoms with Crippen molar-refractivity contribution >= 4 is 5.97 Å². The molecule has 3 unspecified atom stereocenters. The largest absolute Gasteiger partial charge is 0.481 e. The molecular formula is C11H18O2. The molecule has 0 aromatic rings.